The van der Waals surface area contributed by atoms with E-state index in [1.54, 1.807) is 0 Å². The van der Waals surface area contributed by atoms with Crippen LogP contribution in [-0.2, 0) is 18.9 Å². The molecule has 0 rings (SSSR count). The van der Waals surface area contributed by atoms with Gasteiger partial charge in [0, 0.05) is 0 Å². The van der Waals surface area contributed by atoms with Crippen molar-refractivity contribution in [3.63, 3.8) is 0 Å². The second-order valence-corrected chi connectivity index (χ2v) is 8.84. The van der Waals surface area contributed by atoms with Gasteiger partial charge in [0.2, 0.25) is 0 Å². The van der Waals surface area contributed by atoms with Crippen molar-refractivity contribution < 1.29 is 28.5 Å². The fourth-order valence-corrected chi connectivity index (χ4v) is 3.17. The third-order valence-corrected chi connectivity index (χ3v) is 5.37. The molecule has 6 nitrogen and oxygen atoms in total. The number of rotatable bonds is 22. The first kappa shape index (κ1) is 34.7. The summed E-state index contributed by atoms with van der Waals surface area (Å²) in [5.74, 6) is 0. The van der Waals surface area contributed by atoms with E-state index < -0.39 is 12.3 Å². The Labute approximate surface area is 210 Å². The molecule has 0 aromatic rings. The number of hydrogen-bond donors (Lipinski definition) is 0. The lowest BCUT2D eigenvalue weighted by molar-refractivity contribution is 0.0520. The Kier molecular flexibility index (Phi) is 32.2. The molecule has 0 heterocycles. The van der Waals surface area contributed by atoms with Crippen LogP contribution in [0.5, 0.6) is 0 Å². The van der Waals surface area contributed by atoms with Gasteiger partial charge < -0.3 is 18.9 Å². The standard InChI is InChI=1S/C15H30O3.C13H26O3/c1-3-5-7-9-11-13-17-15(16)18-14-12-10-8-6-4-2;1-3-5-7-9-11-15-13(14)16-12-10-8-6-4-2/h3-14H2,1-2H3;3-12H2,1-2H3. The van der Waals surface area contributed by atoms with E-state index >= 15 is 0 Å². The van der Waals surface area contributed by atoms with Gasteiger partial charge in [-0.25, -0.2) is 9.59 Å². The van der Waals surface area contributed by atoms with Crippen LogP contribution in [0.2, 0.25) is 0 Å². The maximum atomic E-state index is 11.2. The highest BCUT2D eigenvalue weighted by Crippen LogP contribution is 2.05. The first-order chi connectivity index (χ1) is 16.6. The minimum atomic E-state index is -0.506. The first-order valence-corrected chi connectivity index (χ1v) is 14.2. The molecule has 0 N–H and O–H groups in total. The van der Waals surface area contributed by atoms with Crippen molar-refractivity contribution in [1.82, 2.24) is 0 Å². The molecular formula is C28H56O6. The zero-order valence-electron chi connectivity index (χ0n) is 23.0. The van der Waals surface area contributed by atoms with Gasteiger partial charge in [0.15, 0.2) is 0 Å². The van der Waals surface area contributed by atoms with Gasteiger partial charge in [0.1, 0.15) is 0 Å². The monoisotopic (exact) mass is 488 g/mol. The lowest BCUT2D eigenvalue weighted by atomic mass is 10.2. The van der Waals surface area contributed by atoms with Crippen molar-refractivity contribution in [2.45, 2.75) is 143 Å². The van der Waals surface area contributed by atoms with E-state index in [0.717, 1.165) is 51.4 Å². The first-order valence-electron chi connectivity index (χ1n) is 14.2. The number of carbonyl (C=O) groups excluding carboxylic acids is 2. The molecule has 0 fully saturated rings. The van der Waals surface area contributed by atoms with Gasteiger partial charge in [-0.15, -0.1) is 0 Å². The van der Waals surface area contributed by atoms with Crippen molar-refractivity contribution in [1.29, 1.82) is 0 Å². The average Bonchev–Trinajstić information content (AvgIpc) is 2.83. The third kappa shape index (κ3) is 32.7. The Morgan fingerprint density at radius 1 is 0.353 bits per heavy atom. The Morgan fingerprint density at radius 3 is 0.794 bits per heavy atom. The van der Waals surface area contributed by atoms with Crippen molar-refractivity contribution in [3.8, 4) is 0 Å². The smallest absolute Gasteiger partial charge is 0.434 e. The Balaban J connectivity index is 0. The average molecular weight is 489 g/mol. The highest BCUT2D eigenvalue weighted by molar-refractivity contribution is 5.60. The lowest BCUT2D eigenvalue weighted by Gasteiger charge is -2.06. The molecule has 0 aliphatic rings. The van der Waals surface area contributed by atoms with Crippen molar-refractivity contribution in [2.24, 2.45) is 0 Å². The highest BCUT2D eigenvalue weighted by atomic mass is 16.7. The van der Waals surface area contributed by atoms with E-state index in [1.807, 2.05) is 0 Å². The molecule has 0 radical (unpaired) electrons. The van der Waals surface area contributed by atoms with E-state index in [2.05, 4.69) is 27.7 Å². The van der Waals surface area contributed by atoms with Gasteiger partial charge in [0.25, 0.3) is 0 Å². The highest BCUT2D eigenvalue weighted by Gasteiger charge is 2.03. The normalized spacial score (nSPS) is 10.2. The van der Waals surface area contributed by atoms with E-state index in [1.165, 1.54) is 64.2 Å². The molecule has 0 amide bonds. The van der Waals surface area contributed by atoms with Crippen LogP contribution in [-0.4, -0.2) is 38.7 Å². The van der Waals surface area contributed by atoms with Crippen LogP contribution < -0.4 is 0 Å². The molecule has 0 aliphatic heterocycles. The molecule has 0 saturated carbocycles. The minimum absolute atomic E-state index is 0.494. The van der Waals surface area contributed by atoms with E-state index in [-0.39, 0.29) is 0 Å². The van der Waals surface area contributed by atoms with E-state index in [9.17, 15) is 9.59 Å². The summed E-state index contributed by atoms with van der Waals surface area (Å²) < 4.78 is 19.8. The molecule has 0 aliphatic carbocycles. The zero-order valence-corrected chi connectivity index (χ0v) is 23.0. The SMILES string of the molecule is CCCCCCCOC(=O)OCCCCCCC.CCCCCCOC(=O)OCCCCCC. The van der Waals surface area contributed by atoms with E-state index in [0.29, 0.717) is 26.4 Å². The summed E-state index contributed by atoms with van der Waals surface area (Å²) in [6.45, 7) is 10.7. The number of unbranched alkanes of at least 4 members (excludes halogenated alkanes) is 14. The summed E-state index contributed by atoms with van der Waals surface area (Å²) in [5, 5.41) is 0. The molecule has 0 saturated heterocycles. The molecule has 34 heavy (non-hydrogen) atoms. The van der Waals surface area contributed by atoms with Crippen LogP contribution in [0.1, 0.15) is 143 Å². The van der Waals surface area contributed by atoms with Gasteiger partial charge >= 0.3 is 12.3 Å². The minimum Gasteiger partial charge on any atom is -0.434 e. The molecule has 0 aromatic heterocycles. The quantitative estimate of drug-likeness (QED) is 0.112. The summed E-state index contributed by atoms with van der Waals surface area (Å²) >= 11 is 0. The largest absolute Gasteiger partial charge is 0.508 e. The maximum Gasteiger partial charge on any atom is 0.508 e. The number of hydrogen-bond acceptors (Lipinski definition) is 6. The van der Waals surface area contributed by atoms with Gasteiger partial charge in [-0.3, -0.25) is 0 Å². The van der Waals surface area contributed by atoms with Crippen LogP contribution in [0.3, 0.4) is 0 Å². The summed E-state index contributed by atoms with van der Waals surface area (Å²) in [4.78, 5) is 22.2. The number of carbonyl (C=O) groups is 2. The van der Waals surface area contributed by atoms with Crippen LogP contribution in [0.15, 0.2) is 0 Å². The fraction of sp³-hybridized carbons (Fsp3) is 0.929. The summed E-state index contributed by atoms with van der Waals surface area (Å²) in [7, 11) is 0. The zero-order chi connectivity index (χ0) is 25.5. The van der Waals surface area contributed by atoms with Crippen LogP contribution in [0.4, 0.5) is 9.59 Å². The molecular weight excluding hydrogens is 432 g/mol. The van der Waals surface area contributed by atoms with Crippen LogP contribution in [0.25, 0.3) is 0 Å². The van der Waals surface area contributed by atoms with Crippen molar-refractivity contribution >= 4 is 12.3 Å². The van der Waals surface area contributed by atoms with Crippen LogP contribution >= 0.6 is 0 Å². The Morgan fingerprint density at radius 2 is 0.559 bits per heavy atom. The summed E-state index contributed by atoms with van der Waals surface area (Å²) in [5.41, 5.74) is 0. The summed E-state index contributed by atoms with van der Waals surface area (Å²) in [6.07, 6.45) is 19.6. The van der Waals surface area contributed by atoms with Gasteiger partial charge in [-0.2, -0.15) is 0 Å². The third-order valence-electron chi connectivity index (χ3n) is 5.37. The molecule has 0 unspecified atom stereocenters. The summed E-state index contributed by atoms with van der Waals surface area (Å²) in [6, 6.07) is 0. The second kappa shape index (κ2) is 31.5. The van der Waals surface area contributed by atoms with Crippen molar-refractivity contribution in [3.05, 3.63) is 0 Å². The number of ether oxygens (including phenoxy) is 4. The van der Waals surface area contributed by atoms with Gasteiger partial charge in [0.05, 0.1) is 26.4 Å². The van der Waals surface area contributed by atoms with Gasteiger partial charge in [-0.1, -0.05) is 118 Å². The predicted octanol–water partition coefficient (Wildman–Crippen LogP) is 9.38. The molecule has 204 valence electrons. The molecule has 0 bridgehead atoms. The van der Waals surface area contributed by atoms with Gasteiger partial charge in [-0.05, 0) is 25.7 Å². The second-order valence-electron chi connectivity index (χ2n) is 8.84. The Hall–Kier alpha value is -1.46. The fourth-order valence-electron chi connectivity index (χ4n) is 3.17. The van der Waals surface area contributed by atoms with Crippen LogP contribution in [0, 0.1) is 0 Å². The molecule has 0 aromatic carbocycles. The lowest BCUT2D eigenvalue weighted by Crippen LogP contribution is -2.09. The molecule has 0 atom stereocenters. The Bertz CT molecular complexity index is 380. The van der Waals surface area contributed by atoms with E-state index in [4.69, 9.17) is 18.9 Å². The topological polar surface area (TPSA) is 71.1 Å². The predicted molar refractivity (Wildman–Crippen MR) is 140 cm³/mol. The molecule has 6 heteroatoms. The maximum absolute atomic E-state index is 11.2. The molecule has 0 spiro atoms. The van der Waals surface area contributed by atoms with Crippen molar-refractivity contribution in [2.75, 3.05) is 26.4 Å².